The molecule has 0 saturated carbocycles. The van der Waals surface area contributed by atoms with Crippen molar-refractivity contribution in [2.45, 2.75) is 59.2 Å². The van der Waals surface area contributed by atoms with E-state index in [1.807, 2.05) is 43.3 Å². The third kappa shape index (κ3) is 9.61. The van der Waals surface area contributed by atoms with Crippen LogP contribution in [0.2, 0.25) is 0 Å². The van der Waals surface area contributed by atoms with Crippen molar-refractivity contribution in [2.24, 2.45) is 0 Å². The summed E-state index contributed by atoms with van der Waals surface area (Å²) in [6, 6.07) is 13.6. The third-order valence-corrected chi connectivity index (χ3v) is 5.99. The van der Waals surface area contributed by atoms with Crippen molar-refractivity contribution >= 4 is 29.5 Å². The van der Waals surface area contributed by atoms with Gasteiger partial charge in [0.2, 0.25) is 0 Å². The number of aryl methyl sites for hydroxylation is 1. The molecule has 2 atom stereocenters. The lowest BCUT2D eigenvalue weighted by Gasteiger charge is -2.27. The second kappa shape index (κ2) is 13.9. The van der Waals surface area contributed by atoms with Crippen LogP contribution in [0.1, 0.15) is 51.3 Å². The van der Waals surface area contributed by atoms with E-state index in [2.05, 4.69) is 19.9 Å². The first-order valence-corrected chi connectivity index (χ1v) is 12.5. The van der Waals surface area contributed by atoms with Crippen molar-refractivity contribution in [1.29, 1.82) is 0 Å². The zero-order valence-corrected chi connectivity index (χ0v) is 22.9. The Bertz CT molecular complexity index is 1060. The summed E-state index contributed by atoms with van der Waals surface area (Å²) in [6.07, 6.45) is -1.21. The Kier molecular flexibility index (Phi) is 11.2. The molecule has 0 unspecified atom stereocenters. The van der Waals surface area contributed by atoms with Crippen molar-refractivity contribution < 1.29 is 38.1 Å². The minimum Gasteiger partial charge on any atom is -0.490 e. The average Bonchev–Trinajstić information content (AvgIpc) is 2.83. The summed E-state index contributed by atoms with van der Waals surface area (Å²) in [5.41, 5.74) is 2.80. The fourth-order valence-corrected chi connectivity index (χ4v) is 3.76. The van der Waals surface area contributed by atoms with Gasteiger partial charge in [-0.15, -0.1) is 11.6 Å². The summed E-state index contributed by atoms with van der Waals surface area (Å²) >= 11 is 5.86. The third-order valence-electron chi connectivity index (χ3n) is 5.64. The Labute approximate surface area is 223 Å². The first-order valence-electron chi connectivity index (χ1n) is 11.9. The number of carbonyl (C=O) groups is 3. The maximum atomic E-state index is 11.3. The van der Waals surface area contributed by atoms with Gasteiger partial charge in [0.1, 0.15) is 37.4 Å². The molecule has 0 aliphatic carbocycles. The van der Waals surface area contributed by atoms with Crippen LogP contribution in [0.4, 0.5) is 0 Å². The molecule has 0 fully saturated rings. The number of ether oxygens (including phenoxy) is 5. The lowest BCUT2D eigenvalue weighted by molar-refractivity contribution is -0.158. The van der Waals surface area contributed by atoms with Gasteiger partial charge < -0.3 is 23.7 Å². The zero-order valence-electron chi connectivity index (χ0n) is 22.2. The van der Waals surface area contributed by atoms with Gasteiger partial charge >= 0.3 is 17.9 Å². The molecule has 0 radical (unpaired) electrons. The number of hydrogen-bond acceptors (Lipinski definition) is 8. The number of hydrogen-bond donors (Lipinski definition) is 0. The normalized spacial score (nSPS) is 12.7. The molecule has 2 rings (SSSR count). The second-order valence-electron chi connectivity index (χ2n) is 9.17. The van der Waals surface area contributed by atoms with E-state index >= 15 is 0 Å². The van der Waals surface area contributed by atoms with Crippen LogP contribution in [0.5, 0.6) is 11.5 Å². The van der Waals surface area contributed by atoms with Gasteiger partial charge in [0.15, 0.2) is 6.10 Å². The molecule has 2 aromatic carbocycles. The zero-order chi connectivity index (χ0) is 27.6. The highest BCUT2D eigenvalue weighted by molar-refractivity contribution is 6.18. The van der Waals surface area contributed by atoms with Crippen LogP contribution >= 0.6 is 11.6 Å². The van der Waals surface area contributed by atoms with E-state index in [0.29, 0.717) is 11.5 Å². The van der Waals surface area contributed by atoms with E-state index in [-0.39, 0.29) is 31.1 Å². The van der Waals surface area contributed by atoms with E-state index in [1.165, 1.54) is 20.8 Å². The molecule has 0 aromatic heterocycles. The van der Waals surface area contributed by atoms with Gasteiger partial charge in [-0.05, 0) is 41.8 Å². The van der Waals surface area contributed by atoms with Crippen LogP contribution in [0, 0.1) is 6.92 Å². The van der Waals surface area contributed by atoms with E-state index in [4.69, 9.17) is 35.3 Å². The highest BCUT2D eigenvalue weighted by Gasteiger charge is 2.24. The summed E-state index contributed by atoms with van der Waals surface area (Å²) < 4.78 is 26.8. The molecule has 2 aromatic rings. The molecule has 0 saturated heterocycles. The highest BCUT2D eigenvalue weighted by atomic mass is 35.5. The molecule has 9 heteroatoms. The Morgan fingerprint density at radius 1 is 0.784 bits per heavy atom. The van der Waals surface area contributed by atoms with Gasteiger partial charge in [0, 0.05) is 26.2 Å². The predicted octanol–water partition coefficient (Wildman–Crippen LogP) is 4.74. The molecule has 0 spiro atoms. The van der Waals surface area contributed by atoms with Crippen molar-refractivity contribution in [3.63, 3.8) is 0 Å². The van der Waals surface area contributed by atoms with Gasteiger partial charge in [-0.1, -0.05) is 38.1 Å². The summed E-state index contributed by atoms with van der Waals surface area (Å²) in [7, 11) is 0. The number of esters is 3. The second-order valence-corrected chi connectivity index (χ2v) is 9.48. The topological polar surface area (TPSA) is 97.4 Å². The molecule has 0 aliphatic heterocycles. The summed E-state index contributed by atoms with van der Waals surface area (Å²) in [4.78, 5) is 33.6. The molecule has 37 heavy (non-hydrogen) atoms. The smallest absolute Gasteiger partial charge is 0.303 e. The molecular weight excluding hydrogens is 500 g/mol. The lowest BCUT2D eigenvalue weighted by Crippen LogP contribution is -2.29. The largest absolute Gasteiger partial charge is 0.490 e. The van der Waals surface area contributed by atoms with Crippen LogP contribution in [0.3, 0.4) is 0 Å². The quantitative estimate of drug-likeness (QED) is 0.206. The molecular formula is C28H35ClO8. The van der Waals surface area contributed by atoms with E-state index in [9.17, 15) is 14.4 Å². The molecule has 0 amide bonds. The Balaban J connectivity index is 2.06. The minimum absolute atomic E-state index is 0.0539. The first-order chi connectivity index (χ1) is 17.4. The van der Waals surface area contributed by atoms with E-state index < -0.39 is 30.1 Å². The van der Waals surface area contributed by atoms with Gasteiger partial charge in [-0.3, -0.25) is 14.4 Å². The Hall–Kier alpha value is -3.26. The van der Waals surface area contributed by atoms with Gasteiger partial charge in [0.05, 0.1) is 5.88 Å². The van der Waals surface area contributed by atoms with Crippen LogP contribution in [0.15, 0.2) is 42.5 Å². The number of carbonyl (C=O) groups excluding carboxylic acids is 3. The van der Waals surface area contributed by atoms with E-state index in [1.54, 1.807) is 0 Å². The maximum absolute atomic E-state index is 11.3. The fourth-order valence-electron chi connectivity index (χ4n) is 3.61. The summed E-state index contributed by atoms with van der Waals surface area (Å²) in [5.74, 6) is 0.112. The minimum atomic E-state index is -0.699. The van der Waals surface area contributed by atoms with Gasteiger partial charge in [-0.25, -0.2) is 0 Å². The molecule has 202 valence electrons. The highest BCUT2D eigenvalue weighted by Crippen LogP contribution is 2.34. The molecule has 0 bridgehead atoms. The van der Waals surface area contributed by atoms with Gasteiger partial charge in [-0.2, -0.15) is 0 Å². The maximum Gasteiger partial charge on any atom is 0.303 e. The number of benzene rings is 2. The number of alkyl halides is 1. The van der Waals surface area contributed by atoms with Crippen molar-refractivity contribution in [1.82, 2.24) is 0 Å². The van der Waals surface area contributed by atoms with Gasteiger partial charge in [0.25, 0.3) is 0 Å². The fraction of sp³-hybridized carbons (Fsp3) is 0.464. The predicted molar refractivity (Wildman–Crippen MR) is 139 cm³/mol. The first kappa shape index (κ1) is 30.0. The molecule has 0 heterocycles. The molecule has 0 aliphatic rings. The van der Waals surface area contributed by atoms with Crippen LogP contribution in [-0.4, -0.2) is 55.8 Å². The Morgan fingerprint density at radius 2 is 1.35 bits per heavy atom. The number of halogens is 1. The van der Waals surface area contributed by atoms with Crippen LogP contribution < -0.4 is 9.47 Å². The van der Waals surface area contributed by atoms with Crippen LogP contribution in [0.25, 0.3) is 0 Å². The average molecular weight is 535 g/mol. The van der Waals surface area contributed by atoms with Crippen molar-refractivity contribution in [3.05, 3.63) is 59.2 Å². The molecule has 0 N–H and O–H groups in total. The summed E-state index contributed by atoms with van der Waals surface area (Å²) in [6.45, 7) is 10.3. The SMILES string of the molecule is CC(=O)OC[C@H](COc1ccc(C(C)(C)c2ccc(OC[C@H](CCl)OC(C)=O)c(C)c2)cc1)OC(C)=O. The Morgan fingerprint density at radius 3 is 1.89 bits per heavy atom. The lowest BCUT2D eigenvalue weighted by atomic mass is 9.77. The van der Waals surface area contributed by atoms with Crippen molar-refractivity contribution in [2.75, 3.05) is 25.7 Å². The van der Waals surface area contributed by atoms with Crippen molar-refractivity contribution in [3.8, 4) is 11.5 Å². The monoisotopic (exact) mass is 534 g/mol. The summed E-state index contributed by atoms with van der Waals surface area (Å²) in [5, 5.41) is 0. The molecule has 8 nitrogen and oxygen atoms in total. The van der Waals surface area contributed by atoms with Crippen LogP contribution in [-0.2, 0) is 34.0 Å². The number of rotatable bonds is 13. The standard InChI is InChI=1S/C28H35ClO8/c1-18-13-23(9-12-27(18)35-15-25(14-29)36-20(3)31)28(5,6)22-7-10-24(11-8-22)34-17-26(37-21(4)32)16-33-19(2)30/h7-13,25-26H,14-17H2,1-6H3/t25-,26+/m0/s1. The van der Waals surface area contributed by atoms with E-state index in [0.717, 1.165) is 16.7 Å².